The molecule has 0 amide bonds. The number of hydrazone groups is 1. The van der Waals surface area contributed by atoms with E-state index in [0.717, 1.165) is 36.4 Å². The first-order valence-corrected chi connectivity index (χ1v) is 8.90. The number of nitrogens with zero attached hydrogens (tertiary/aromatic N) is 4. The van der Waals surface area contributed by atoms with Gasteiger partial charge in [-0.15, -0.1) is 21.5 Å². The summed E-state index contributed by atoms with van der Waals surface area (Å²) in [5.41, 5.74) is 7.39. The maximum absolute atomic E-state index is 4.47. The lowest BCUT2D eigenvalue weighted by Gasteiger charge is -1.99. The normalized spacial score (nSPS) is 12.2. The predicted molar refractivity (Wildman–Crippen MR) is 102 cm³/mol. The third-order valence-corrected chi connectivity index (χ3v) is 5.44. The summed E-state index contributed by atoms with van der Waals surface area (Å²) in [5, 5.41) is 13.8. The molecule has 0 unspecified atom stereocenters. The van der Waals surface area contributed by atoms with Gasteiger partial charge in [-0.3, -0.25) is 0 Å². The molecule has 4 rings (SSSR count). The average Bonchev–Trinajstić information content (AvgIpc) is 3.17. The fourth-order valence-corrected chi connectivity index (χ4v) is 3.82. The molecule has 0 aliphatic rings. The Morgan fingerprint density at radius 1 is 1.25 bits per heavy atom. The summed E-state index contributed by atoms with van der Waals surface area (Å²) in [7, 11) is 0. The molecule has 0 saturated carbocycles. The van der Waals surface area contributed by atoms with Crippen LogP contribution in [0.25, 0.3) is 22.1 Å². The summed E-state index contributed by atoms with van der Waals surface area (Å²) in [5.74, 6) is 0.363. The molecule has 0 bridgehead atoms. The second-order valence-electron chi connectivity index (χ2n) is 5.37. The lowest BCUT2D eigenvalue weighted by Crippen LogP contribution is -2.02. The molecule has 0 radical (unpaired) electrons. The molecular formula is C16H13BrN6S. The van der Waals surface area contributed by atoms with E-state index in [1.54, 1.807) is 11.3 Å². The van der Waals surface area contributed by atoms with Crippen LogP contribution >= 0.6 is 27.3 Å². The number of fused-ring (bicyclic) bond motifs is 3. The van der Waals surface area contributed by atoms with E-state index in [0.29, 0.717) is 11.6 Å². The van der Waals surface area contributed by atoms with E-state index in [1.807, 2.05) is 31.2 Å². The lowest BCUT2D eigenvalue weighted by molar-refractivity contribution is 1.01. The molecule has 24 heavy (non-hydrogen) atoms. The Morgan fingerprint density at radius 2 is 2.12 bits per heavy atom. The summed E-state index contributed by atoms with van der Waals surface area (Å²) in [4.78, 5) is 8.85. The van der Waals surface area contributed by atoms with Gasteiger partial charge in [-0.25, -0.2) is 5.43 Å². The van der Waals surface area contributed by atoms with Gasteiger partial charge in [0.1, 0.15) is 5.52 Å². The van der Waals surface area contributed by atoms with Crippen molar-refractivity contribution in [3.8, 4) is 0 Å². The predicted octanol–water partition coefficient (Wildman–Crippen LogP) is 4.47. The van der Waals surface area contributed by atoms with Gasteiger partial charge in [-0.2, -0.15) is 10.1 Å². The number of hydrogen-bond acceptors (Lipinski definition) is 6. The average molecular weight is 401 g/mol. The molecule has 0 aliphatic carbocycles. The van der Waals surface area contributed by atoms with Gasteiger partial charge in [0, 0.05) is 5.39 Å². The topological polar surface area (TPSA) is 78.8 Å². The highest BCUT2D eigenvalue weighted by atomic mass is 79.9. The van der Waals surface area contributed by atoms with Crippen molar-refractivity contribution in [2.45, 2.75) is 13.8 Å². The van der Waals surface area contributed by atoms with Crippen molar-refractivity contribution in [3.05, 3.63) is 44.6 Å². The number of aryl methyl sites for hydroxylation is 1. The minimum atomic E-state index is 0.363. The summed E-state index contributed by atoms with van der Waals surface area (Å²) in [6.07, 6.45) is 0. The lowest BCUT2D eigenvalue weighted by atomic mass is 10.1. The third kappa shape index (κ3) is 2.67. The largest absolute Gasteiger partial charge is 0.337 e. The van der Waals surface area contributed by atoms with E-state index in [1.165, 1.54) is 0 Å². The van der Waals surface area contributed by atoms with Gasteiger partial charge in [0.15, 0.2) is 5.65 Å². The molecule has 3 heterocycles. The standard InChI is InChI=1S/C16H13BrN6S/c1-8-4-3-5-10-13(8)18-15-14(10)21-23-16(19-15)22-20-9(2)11-6-7-12(17)24-11/h3-7H,1-2H3,(H2,18,19,22,23)/b20-9+. The first kappa shape index (κ1) is 15.2. The van der Waals surface area contributed by atoms with Crippen molar-refractivity contribution in [2.75, 3.05) is 5.43 Å². The van der Waals surface area contributed by atoms with Crippen LogP contribution in [-0.2, 0) is 0 Å². The number of H-pyrrole nitrogens is 1. The Balaban J connectivity index is 1.68. The number of thiophene rings is 1. The summed E-state index contributed by atoms with van der Waals surface area (Å²) >= 11 is 5.07. The van der Waals surface area contributed by atoms with Crippen LogP contribution in [0, 0.1) is 6.92 Å². The molecular weight excluding hydrogens is 388 g/mol. The molecule has 0 aliphatic heterocycles. The minimum Gasteiger partial charge on any atom is -0.337 e. The van der Waals surface area contributed by atoms with Crippen molar-refractivity contribution in [3.63, 3.8) is 0 Å². The van der Waals surface area contributed by atoms with Crippen molar-refractivity contribution in [2.24, 2.45) is 5.10 Å². The number of aromatic amines is 1. The van der Waals surface area contributed by atoms with Crippen molar-refractivity contribution >= 4 is 61.0 Å². The Bertz CT molecular complexity index is 1080. The second-order valence-corrected chi connectivity index (χ2v) is 7.83. The minimum absolute atomic E-state index is 0.363. The zero-order valence-electron chi connectivity index (χ0n) is 13.0. The van der Waals surface area contributed by atoms with Crippen LogP contribution in [-0.4, -0.2) is 25.9 Å². The first-order valence-electron chi connectivity index (χ1n) is 7.29. The molecule has 120 valence electrons. The van der Waals surface area contributed by atoms with Crippen LogP contribution in [0.2, 0.25) is 0 Å². The van der Waals surface area contributed by atoms with E-state index in [-0.39, 0.29) is 0 Å². The summed E-state index contributed by atoms with van der Waals surface area (Å²) in [6.45, 7) is 3.99. The van der Waals surface area contributed by atoms with Gasteiger partial charge in [-0.05, 0) is 47.5 Å². The van der Waals surface area contributed by atoms with Crippen LogP contribution < -0.4 is 5.43 Å². The number of benzene rings is 1. The van der Waals surface area contributed by atoms with Crippen molar-refractivity contribution in [1.29, 1.82) is 0 Å². The first-order chi connectivity index (χ1) is 11.6. The van der Waals surface area contributed by atoms with Gasteiger partial charge in [0.2, 0.25) is 0 Å². The molecule has 4 aromatic rings. The molecule has 0 spiro atoms. The zero-order chi connectivity index (χ0) is 16.7. The van der Waals surface area contributed by atoms with Gasteiger partial charge in [-0.1, -0.05) is 18.2 Å². The number of para-hydroxylation sites is 1. The number of halogens is 1. The van der Waals surface area contributed by atoms with E-state index in [4.69, 9.17) is 0 Å². The highest BCUT2D eigenvalue weighted by Crippen LogP contribution is 2.25. The molecule has 3 aromatic heterocycles. The Kier molecular flexibility index (Phi) is 3.78. The number of anilines is 1. The molecule has 2 N–H and O–H groups in total. The van der Waals surface area contributed by atoms with E-state index >= 15 is 0 Å². The Labute approximate surface area is 150 Å². The molecule has 6 nitrogen and oxygen atoms in total. The molecule has 0 saturated heterocycles. The fraction of sp³-hybridized carbons (Fsp3) is 0.125. The van der Waals surface area contributed by atoms with Gasteiger partial charge >= 0.3 is 0 Å². The fourth-order valence-electron chi connectivity index (χ4n) is 2.49. The third-order valence-electron chi connectivity index (χ3n) is 3.71. The van der Waals surface area contributed by atoms with Crippen LogP contribution in [0.3, 0.4) is 0 Å². The Hall–Kier alpha value is -2.32. The number of nitrogens with one attached hydrogen (secondary N) is 2. The van der Waals surface area contributed by atoms with Crippen molar-refractivity contribution < 1.29 is 0 Å². The smallest absolute Gasteiger partial charge is 0.265 e. The molecule has 1 aromatic carbocycles. The maximum Gasteiger partial charge on any atom is 0.265 e. The quantitative estimate of drug-likeness (QED) is 0.392. The summed E-state index contributed by atoms with van der Waals surface area (Å²) < 4.78 is 1.07. The van der Waals surface area contributed by atoms with Crippen LogP contribution in [0.4, 0.5) is 5.95 Å². The summed E-state index contributed by atoms with van der Waals surface area (Å²) in [6, 6.07) is 10.1. The molecule has 0 fully saturated rings. The highest BCUT2D eigenvalue weighted by molar-refractivity contribution is 9.11. The van der Waals surface area contributed by atoms with E-state index in [9.17, 15) is 0 Å². The number of rotatable bonds is 3. The maximum atomic E-state index is 4.47. The van der Waals surface area contributed by atoms with Gasteiger partial charge < -0.3 is 4.98 Å². The highest BCUT2D eigenvalue weighted by Gasteiger charge is 2.10. The molecule has 8 heteroatoms. The second kappa shape index (κ2) is 5.95. The van der Waals surface area contributed by atoms with Crippen LogP contribution in [0.1, 0.15) is 17.4 Å². The monoisotopic (exact) mass is 400 g/mol. The Morgan fingerprint density at radius 3 is 2.92 bits per heavy atom. The number of aromatic nitrogens is 4. The van der Waals surface area contributed by atoms with Crippen molar-refractivity contribution in [1.82, 2.24) is 20.2 Å². The number of hydrogen-bond donors (Lipinski definition) is 2. The SMILES string of the molecule is C/C(=N\Nc1nnc2c(n1)[nH]c1c(C)cccc12)c1ccc(Br)s1. The van der Waals surface area contributed by atoms with E-state index < -0.39 is 0 Å². The van der Waals surface area contributed by atoms with Gasteiger partial charge in [0.05, 0.1) is 19.9 Å². The molecule has 0 atom stereocenters. The van der Waals surface area contributed by atoms with Gasteiger partial charge in [0.25, 0.3) is 5.95 Å². The van der Waals surface area contributed by atoms with Crippen LogP contribution in [0.15, 0.2) is 39.2 Å². The zero-order valence-corrected chi connectivity index (χ0v) is 15.4. The van der Waals surface area contributed by atoms with E-state index in [2.05, 4.69) is 59.6 Å². The van der Waals surface area contributed by atoms with Crippen LogP contribution in [0.5, 0.6) is 0 Å².